The summed E-state index contributed by atoms with van der Waals surface area (Å²) in [7, 11) is 0. The molecule has 1 unspecified atom stereocenters. The molecule has 150 valence electrons. The second-order valence-corrected chi connectivity index (χ2v) is 8.26. The van der Waals surface area contributed by atoms with Crippen molar-refractivity contribution in [2.45, 2.75) is 45.4 Å². The fourth-order valence-corrected chi connectivity index (χ4v) is 4.68. The molecule has 0 radical (unpaired) electrons. The smallest absolute Gasteiger partial charge is 0.183 e. The molecule has 1 saturated heterocycles. The second kappa shape index (κ2) is 7.54. The van der Waals surface area contributed by atoms with E-state index in [1.807, 2.05) is 12.1 Å². The minimum absolute atomic E-state index is 0.232. The number of rotatable bonds is 3. The number of H-pyrrole nitrogens is 1. The fraction of sp³-hybridized carbons (Fsp3) is 0.455. The van der Waals surface area contributed by atoms with E-state index in [1.54, 1.807) is 0 Å². The van der Waals surface area contributed by atoms with Crippen molar-refractivity contribution in [2.24, 2.45) is 5.92 Å². The molecule has 1 aliphatic carbocycles. The van der Waals surface area contributed by atoms with Crippen LogP contribution in [0.4, 0.5) is 10.2 Å². The fourth-order valence-electron chi connectivity index (χ4n) is 4.68. The molecule has 29 heavy (non-hydrogen) atoms. The van der Waals surface area contributed by atoms with Crippen molar-refractivity contribution in [3.05, 3.63) is 41.3 Å². The third-order valence-corrected chi connectivity index (χ3v) is 6.16. The maximum Gasteiger partial charge on any atom is 0.183 e. The van der Waals surface area contributed by atoms with Crippen molar-refractivity contribution >= 4 is 5.82 Å². The molecule has 6 nitrogen and oxygen atoms in total. The lowest BCUT2D eigenvalue weighted by Gasteiger charge is -2.33. The molecule has 1 fully saturated rings. The van der Waals surface area contributed by atoms with Crippen molar-refractivity contribution in [1.29, 1.82) is 0 Å². The predicted octanol–water partition coefficient (Wildman–Crippen LogP) is 4.18. The SMILES string of the molecule is CC1CCc2nc(N3CCCCC3)c(-c3nnn[nH]3)c(-c3ccc(F)cc3)c2C1. The molecule has 1 aliphatic heterocycles. The summed E-state index contributed by atoms with van der Waals surface area (Å²) in [5, 5.41) is 14.9. The molecular formula is C22H25FN6. The Balaban J connectivity index is 1.80. The number of piperidine rings is 1. The van der Waals surface area contributed by atoms with E-state index in [-0.39, 0.29) is 5.82 Å². The van der Waals surface area contributed by atoms with Gasteiger partial charge in [-0.2, -0.15) is 0 Å². The molecule has 7 heteroatoms. The van der Waals surface area contributed by atoms with Crippen LogP contribution in [0.15, 0.2) is 24.3 Å². The average Bonchev–Trinajstić information content (AvgIpc) is 3.28. The standard InChI is InChI=1S/C22H25FN6/c1-14-5-10-18-17(13-14)19(15-6-8-16(23)9-7-15)20(21-25-27-28-26-21)22(24-18)29-11-3-2-4-12-29/h6-9,14H,2-5,10-13H2,1H3,(H,25,26,27,28). The Labute approximate surface area is 169 Å². The lowest BCUT2D eigenvalue weighted by atomic mass is 9.81. The molecule has 2 aliphatic rings. The predicted molar refractivity (Wildman–Crippen MR) is 110 cm³/mol. The van der Waals surface area contributed by atoms with E-state index in [1.165, 1.54) is 29.8 Å². The second-order valence-electron chi connectivity index (χ2n) is 8.26. The lowest BCUT2D eigenvalue weighted by Crippen LogP contribution is -2.32. The van der Waals surface area contributed by atoms with Gasteiger partial charge in [0.2, 0.25) is 0 Å². The quantitative estimate of drug-likeness (QED) is 0.724. The number of hydrogen-bond acceptors (Lipinski definition) is 5. The summed E-state index contributed by atoms with van der Waals surface area (Å²) >= 11 is 0. The van der Waals surface area contributed by atoms with Gasteiger partial charge in [-0.1, -0.05) is 19.1 Å². The van der Waals surface area contributed by atoms with Gasteiger partial charge in [-0.15, -0.1) is 5.10 Å². The van der Waals surface area contributed by atoms with Crippen LogP contribution in [0.5, 0.6) is 0 Å². The molecule has 1 aromatic carbocycles. The molecule has 3 aromatic rings. The van der Waals surface area contributed by atoms with Crippen LogP contribution in [0, 0.1) is 11.7 Å². The third-order valence-electron chi connectivity index (χ3n) is 6.16. The maximum atomic E-state index is 13.7. The van der Waals surface area contributed by atoms with Gasteiger partial charge in [-0.25, -0.2) is 14.5 Å². The van der Waals surface area contributed by atoms with Crippen LogP contribution < -0.4 is 4.90 Å². The van der Waals surface area contributed by atoms with Crippen LogP contribution in [0.3, 0.4) is 0 Å². The Bertz CT molecular complexity index is 993. The van der Waals surface area contributed by atoms with Gasteiger partial charge in [0.15, 0.2) is 5.82 Å². The van der Waals surface area contributed by atoms with Crippen molar-refractivity contribution in [1.82, 2.24) is 25.6 Å². The van der Waals surface area contributed by atoms with E-state index >= 15 is 0 Å². The van der Waals surface area contributed by atoms with Gasteiger partial charge >= 0.3 is 0 Å². The summed E-state index contributed by atoms with van der Waals surface area (Å²) in [5.74, 6) is 1.93. The first-order chi connectivity index (χ1) is 14.2. The van der Waals surface area contributed by atoms with Crippen LogP contribution in [-0.4, -0.2) is 38.7 Å². The zero-order valence-corrected chi connectivity index (χ0v) is 16.7. The lowest BCUT2D eigenvalue weighted by molar-refractivity contribution is 0.493. The van der Waals surface area contributed by atoms with E-state index in [4.69, 9.17) is 4.98 Å². The maximum absolute atomic E-state index is 13.7. The van der Waals surface area contributed by atoms with Crippen LogP contribution in [0.1, 0.15) is 43.9 Å². The zero-order chi connectivity index (χ0) is 19.8. The molecule has 0 amide bonds. The topological polar surface area (TPSA) is 70.6 Å². The summed E-state index contributed by atoms with van der Waals surface area (Å²) in [6.07, 6.45) is 6.66. The first kappa shape index (κ1) is 18.2. The van der Waals surface area contributed by atoms with Crippen LogP contribution in [-0.2, 0) is 12.8 Å². The highest BCUT2D eigenvalue weighted by Gasteiger charge is 2.30. The van der Waals surface area contributed by atoms with E-state index in [2.05, 4.69) is 32.4 Å². The van der Waals surface area contributed by atoms with Crippen molar-refractivity contribution in [2.75, 3.05) is 18.0 Å². The van der Waals surface area contributed by atoms with Crippen LogP contribution in [0.25, 0.3) is 22.5 Å². The Morgan fingerprint density at radius 2 is 1.86 bits per heavy atom. The van der Waals surface area contributed by atoms with Gasteiger partial charge in [0.25, 0.3) is 0 Å². The number of halogens is 1. The minimum Gasteiger partial charge on any atom is -0.356 e. The number of pyridine rings is 1. The summed E-state index contributed by atoms with van der Waals surface area (Å²) in [4.78, 5) is 7.54. The molecule has 1 atom stereocenters. The average molecular weight is 392 g/mol. The number of anilines is 1. The summed E-state index contributed by atoms with van der Waals surface area (Å²) in [5.41, 5.74) is 5.45. The molecule has 3 heterocycles. The summed E-state index contributed by atoms with van der Waals surface area (Å²) in [6, 6.07) is 6.77. The highest BCUT2D eigenvalue weighted by Crippen LogP contribution is 2.43. The number of aryl methyl sites for hydroxylation is 1. The first-order valence-corrected chi connectivity index (χ1v) is 10.5. The summed E-state index contributed by atoms with van der Waals surface area (Å²) in [6.45, 7) is 4.25. The number of fused-ring (bicyclic) bond motifs is 1. The van der Waals surface area contributed by atoms with Gasteiger partial charge in [0.1, 0.15) is 11.6 Å². The van der Waals surface area contributed by atoms with Gasteiger partial charge in [-0.05, 0) is 78.1 Å². The van der Waals surface area contributed by atoms with Crippen molar-refractivity contribution in [3.63, 3.8) is 0 Å². The molecule has 1 N–H and O–H groups in total. The molecule has 5 rings (SSSR count). The van der Waals surface area contributed by atoms with Gasteiger partial charge in [-0.3, -0.25) is 0 Å². The third kappa shape index (κ3) is 3.39. The van der Waals surface area contributed by atoms with E-state index < -0.39 is 0 Å². The van der Waals surface area contributed by atoms with Gasteiger partial charge < -0.3 is 4.90 Å². The van der Waals surface area contributed by atoms with Crippen LogP contribution >= 0.6 is 0 Å². The van der Waals surface area contributed by atoms with E-state index in [0.717, 1.165) is 67.7 Å². The number of nitrogens with zero attached hydrogens (tertiary/aromatic N) is 5. The highest BCUT2D eigenvalue weighted by molar-refractivity contribution is 5.90. The Hall–Kier alpha value is -2.83. The normalized spacial score (nSPS) is 19.2. The van der Waals surface area contributed by atoms with Gasteiger partial charge in [0.05, 0.1) is 5.56 Å². The first-order valence-electron chi connectivity index (χ1n) is 10.5. The summed E-state index contributed by atoms with van der Waals surface area (Å²) < 4.78 is 13.7. The largest absolute Gasteiger partial charge is 0.356 e. The Kier molecular flexibility index (Phi) is 4.73. The highest BCUT2D eigenvalue weighted by atomic mass is 19.1. The molecular weight excluding hydrogens is 367 g/mol. The van der Waals surface area contributed by atoms with Crippen LogP contribution in [0.2, 0.25) is 0 Å². The molecule has 0 bridgehead atoms. The Morgan fingerprint density at radius 3 is 2.59 bits per heavy atom. The number of hydrogen-bond donors (Lipinski definition) is 1. The van der Waals surface area contributed by atoms with Gasteiger partial charge in [0, 0.05) is 24.3 Å². The zero-order valence-electron chi connectivity index (χ0n) is 16.7. The number of aromatic nitrogens is 5. The molecule has 0 saturated carbocycles. The van der Waals surface area contributed by atoms with E-state index in [9.17, 15) is 4.39 Å². The number of aromatic amines is 1. The number of tetrazole rings is 1. The minimum atomic E-state index is -0.232. The Morgan fingerprint density at radius 1 is 1.07 bits per heavy atom. The van der Waals surface area contributed by atoms with Crippen molar-refractivity contribution in [3.8, 4) is 22.5 Å². The van der Waals surface area contributed by atoms with Crippen molar-refractivity contribution < 1.29 is 4.39 Å². The monoisotopic (exact) mass is 392 g/mol. The molecule has 2 aromatic heterocycles. The number of benzene rings is 1. The van der Waals surface area contributed by atoms with E-state index in [0.29, 0.717) is 11.7 Å². The molecule has 0 spiro atoms. The number of nitrogens with one attached hydrogen (secondary N) is 1.